The third-order valence-electron chi connectivity index (χ3n) is 5.00. The lowest BCUT2D eigenvalue weighted by Gasteiger charge is -2.29. The van der Waals surface area contributed by atoms with Gasteiger partial charge in [0.25, 0.3) is 0 Å². The monoisotopic (exact) mass is 223 g/mol. The Hall–Kier alpha value is -0.570. The third-order valence-corrected chi connectivity index (χ3v) is 5.00. The van der Waals surface area contributed by atoms with E-state index < -0.39 is 5.97 Å². The molecule has 90 valence electrons. The summed E-state index contributed by atoms with van der Waals surface area (Å²) >= 11 is 0. The first-order valence-corrected chi connectivity index (χ1v) is 6.67. The van der Waals surface area contributed by atoms with E-state index in [-0.39, 0.29) is 5.92 Å². The van der Waals surface area contributed by atoms with Crippen molar-refractivity contribution in [3.8, 4) is 0 Å². The Morgan fingerprint density at radius 2 is 1.81 bits per heavy atom. The molecule has 3 aliphatic rings. The smallest absolute Gasteiger partial charge is 0.308 e. The number of carbonyl (C=O) groups is 1. The number of carboxylic acids is 1. The van der Waals surface area contributed by atoms with E-state index in [4.69, 9.17) is 0 Å². The fourth-order valence-electron chi connectivity index (χ4n) is 4.31. The van der Waals surface area contributed by atoms with Gasteiger partial charge in [0, 0.05) is 18.1 Å². The Morgan fingerprint density at radius 1 is 1.12 bits per heavy atom. The molecule has 0 aromatic rings. The average molecular weight is 223 g/mol. The lowest BCUT2D eigenvalue weighted by Crippen LogP contribution is -2.39. The van der Waals surface area contributed by atoms with Gasteiger partial charge >= 0.3 is 5.97 Å². The van der Waals surface area contributed by atoms with E-state index in [0.717, 1.165) is 18.8 Å². The van der Waals surface area contributed by atoms with Gasteiger partial charge in [-0.05, 0) is 44.4 Å². The lowest BCUT2D eigenvalue weighted by atomic mass is 9.89. The number of nitrogens with zero attached hydrogens (tertiary/aromatic N) is 1. The van der Waals surface area contributed by atoms with Gasteiger partial charge in [-0.3, -0.25) is 9.69 Å². The number of rotatable bonds is 2. The number of hydrogen-bond donors (Lipinski definition) is 1. The molecular weight excluding hydrogens is 202 g/mol. The minimum absolute atomic E-state index is 0.0744. The summed E-state index contributed by atoms with van der Waals surface area (Å²) in [6, 6.07) is 1.64. The van der Waals surface area contributed by atoms with Crippen LogP contribution in [0.1, 0.15) is 45.4 Å². The molecule has 2 saturated heterocycles. The van der Waals surface area contributed by atoms with Crippen molar-refractivity contribution in [3.63, 3.8) is 0 Å². The van der Waals surface area contributed by atoms with Gasteiger partial charge in [0.05, 0.1) is 5.92 Å². The first-order chi connectivity index (χ1) is 7.66. The Bertz CT molecular complexity index is 304. The topological polar surface area (TPSA) is 40.5 Å². The van der Waals surface area contributed by atoms with Crippen molar-refractivity contribution >= 4 is 5.97 Å². The molecule has 0 aromatic carbocycles. The molecule has 5 unspecified atom stereocenters. The van der Waals surface area contributed by atoms with E-state index in [9.17, 15) is 9.90 Å². The first-order valence-electron chi connectivity index (χ1n) is 6.67. The average Bonchev–Trinajstić information content (AvgIpc) is 2.89. The zero-order chi connectivity index (χ0) is 11.3. The van der Waals surface area contributed by atoms with Crippen LogP contribution in [0.4, 0.5) is 0 Å². The summed E-state index contributed by atoms with van der Waals surface area (Å²) in [6.07, 6.45) is 7.18. The molecule has 5 atom stereocenters. The van der Waals surface area contributed by atoms with Crippen LogP contribution in [0.5, 0.6) is 0 Å². The van der Waals surface area contributed by atoms with E-state index >= 15 is 0 Å². The Balaban J connectivity index is 1.75. The van der Waals surface area contributed by atoms with Crippen LogP contribution in [0.15, 0.2) is 0 Å². The van der Waals surface area contributed by atoms with Crippen LogP contribution in [0, 0.1) is 11.8 Å². The molecule has 3 nitrogen and oxygen atoms in total. The molecule has 1 N–H and O–H groups in total. The highest BCUT2D eigenvalue weighted by molar-refractivity contribution is 5.71. The molecule has 3 heteroatoms. The van der Waals surface area contributed by atoms with Gasteiger partial charge in [0.2, 0.25) is 0 Å². The molecule has 0 radical (unpaired) electrons. The predicted octanol–water partition coefficient (Wildman–Crippen LogP) is 2.11. The van der Waals surface area contributed by atoms with Gasteiger partial charge in [-0.25, -0.2) is 0 Å². The van der Waals surface area contributed by atoms with Crippen molar-refractivity contribution in [2.24, 2.45) is 11.8 Å². The predicted molar refractivity (Wildman–Crippen MR) is 61.2 cm³/mol. The second-order valence-electron chi connectivity index (χ2n) is 6.00. The highest BCUT2D eigenvalue weighted by Gasteiger charge is 2.52. The van der Waals surface area contributed by atoms with Crippen molar-refractivity contribution < 1.29 is 9.90 Å². The van der Waals surface area contributed by atoms with Crippen LogP contribution in [-0.2, 0) is 4.79 Å². The van der Waals surface area contributed by atoms with Crippen LogP contribution >= 0.6 is 0 Å². The summed E-state index contributed by atoms with van der Waals surface area (Å²) in [5.74, 6) is 0.200. The molecule has 2 heterocycles. The summed E-state index contributed by atoms with van der Waals surface area (Å²) in [5.41, 5.74) is 0. The second-order valence-corrected chi connectivity index (χ2v) is 6.00. The zero-order valence-electron chi connectivity index (χ0n) is 9.93. The fraction of sp³-hybridized carbons (Fsp3) is 0.923. The van der Waals surface area contributed by atoms with Crippen molar-refractivity contribution in [1.82, 2.24) is 4.90 Å². The van der Waals surface area contributed by atoms with Crippen LogP contribution in [0.3, 0.4) is 0 Å². The Kier molecular flexibility index (Phi) is 2.46. The molecule has 2 bridgehead atoms. The molecule has 0 aromatic heterocycles. The van der Waals surface area contributed by atoms with Gasteiger partial charge in [-0.1, -0.05) is 6.92 Å². The Labute approximate surface area is 96.8 Å². The van der Waals surface area contributed by atoms with Crippen molar-refractivity contribution in [3.05, 3.63) is 0 Å². The van der Waals surface area contributed by atoms with E-state index in [1.165, 1.54) is 25.7 Å². The largest absolute Gasteiger partial charge is 0.481 e. The Morgan fingerprint density at radius 3 is 2.38 bits per heavy atom. The maximum Gasteiger partial charge on any atom is 0.308 e. The molecule has 1 saturated carbocycles. The minimum atomic E-state index is -0.566. The van der Waals surface area contributed by atoms with Crippen molar-refractivity contribution in [2.45, 2.75) is 63.6 Å². The molecule has 2 aliphatic heterocycles. The standard InChI is InChI=1S/C13H21NO2/c1-8-2-3-9(6-8)14-10-4-5-12(14)11(7-10)13(15)16/h8-12H,2-7H2,1H3,(H,15,16). The third kappa shape index (κ3) is 1.48. The van der Waals surface area contributed by atoms with Crippen LogP contribution in [0.2, 0.25) is 0 Å². The number of hydrogen-bond acceptors (Lipinski definition) is 2. The van der Waals surface area contributed by atoms with Gasteiger partial charge < -0.3 is 5.11 Å². The van der Waals surface area contributed by atoms with Crippen LogP contribution in [-0.4, -0.2) is 34.1 Å². The fourth-order valence-corrected chi connectivity index (χ4v) is 4.31. The molecule has 0 spiro atoms. The summed E-state index contributed by atoms with van der Waals surface area (Å²) in [6.45, 7) is 2.33. The van der Waals surface area contributed by atoms with Crippen molar-refractivity contribution in [2.75, 3.05) is 0 Å². The maximum absolute atomic E-state index is 11.2. The second kappa shape index (κ2) is 3.73. The van der Waals surface area contributed by atoms with E-state index in [1.54, 1.807) is 0 Å². The molecular formula is C13H21NO2. The van der Waals surface area contributed by atoms with Gasteiger partial charge in [0.1, 0.15) is 0 Å². The SMILES string of the molecule is CC1CCC(N2C3CCC2C(C(=O)O)C3)C1. The van der Waals surface area contributed by atoms with E-state index in [2.05, 4.69) is 11.8 Å². The van der Waals surface area contributed by atoms with Gasteiger partial charge in [0.15, 0.2) is 0 Å². The van der Waals surface area contributed by atoms with E-state index in [0.29, 0.717) is 18.1 Å². The molecule has 3 fully saturated rings. The molecule has 1 aliphatic carbocycles. The number of fused-ring (bicyclic) bond motifs is 2. The highest BCUT2D eigenvalue weighted by atomic mass is 16.4. The highest BCUT2D eigenvalue weighted by Crippen LogP contribution is 2.46. The minimum Gasteiger partial charge on any atom is -0.481 e. The summed E-state index contributed by atoms with van der Waals surface area (Å²) < 4.78 is 0. The van der Waals surface area contributed by atoms with Crippen LogP contribution < -0.4 is 0 Å². The van der Waals surface area contributed by atoms with E-state index in [1.807, 2.05) is 0 Å². The first kappa shape index (κ1) is 10.6. The molecule has 3 rings (SSSR count). The number of aliphatic carboxylic acids is 1. The lowest BCUT2D eigenvalue weighted by molar-refractivity contribution is -0.142. The normalized spacial score (nSPS) is 47.7. The summed E-state index contributed by atoms with van der Waals surface area (Å²) in [7, 11) is 0. The summed E-state index contributed by atoms with van der Waals surface area (Å²) in [4.78, 5) is 13.8. The van der Waals surface area contributed by atoms with Gasteiger partial charge in [-0.15, -0.1) is 0 Å². The zero-order valence-corrected chi connectivity index (χ0v) is 9.93. The van der Waals surface area contributed by atoms with Crippen molar-refractivity contribution in [1.29, 1.82) is 0 Å². The van der Waals surface area contributed by atoms with Crippen LogP contribution in [0.25, 0.3) is 0 Å². The van der Waals surface area contributed by atoms with Gasteiger partial charge in [-0.2, -0.15) is 0 Å². The molecule has 0 amide bonds. The maximum atomic E-state index is 11.2. The summed E-state index contributed by atoms with van der Waals surface area (Å²) in [5, 5.41) is 9.22. The molecule has 16 heavy (non-hydrogen) atoms. The quantitative estimate of drug-likeness (QED) is 0.779. The number of carboxylic acid groups (broad SMARTS) is 1.